The van der Waals surface area contributed by atoms with Crippen LogP contribution in [0.1, 0.15) is 32.7 Å². The quantitative estimate of drug-likeness (QED) is 0.504. The highest BCUT2D eigenvalue weighted by molar-refractivity contribution is 6.21. The number of anilines is 1. The summed E-state index contributed by atoms with van der Waals surface area (Å²) in [5, 5.41) is 13.5. The van der Waals surface area contributed by atoms with E-state index in [1.54, 1.807) is 30.3 Å². The summed E-state index contributed by atoms with van der Waals surface area (Å²) in [6, 6.07) is 10.9. The van der Waals surface area contributed by atoms with Crippen molar-refractivity contribution in [3.63, 3.8) is 0 Å². The van der Waals surface area contributed by atoms with Gasteiger partial charge in [0.15, 0.2) is 0 Å². The number of amides is 3. The van der Waals surface area contributed by atoms with Crippen molar-refractivity contribution in [1.29, 1.82) is 0 Å². The Morgan fingerprint density at radius 2 is 1.69 bits per heavy atom. The maximum Gasteiger partial charge on any atom is 0.274 e. The molecule has 1 heterocycles. The van der Waals surface area contributed by atoms with Crippen molar-refractivity contribution in [2.45, 2.75) is 13.3 Å². The van der Waals surface area contributed by atoms with E-state index in [-0.39, 0.29) is 18.7 Å². The first-order valence-electron chi connectivity index (χ1n) is 7.89. The first-order valence-corrected chi connectivity index (χ1v) is 7.89. The van der Waals surface area contributed by atoms with Crippen LogP contribution in [-0.4, -0.2) is 34.1 Å². The van der Waals surface area contributed by atoms with Gasteiger partial charge in [0, 0.05) is 19.0 Å². The molecule has 2 aromatic carbocycles. The van der Waals surface area contributed by atoms with E-state index in [4.69, 9.17) is 0 Å². The van der Waals surface area contributed by atoms with Crippen LogP contribution in [0.5, 0.6) is 0 Å². The molecule has 8 nitrogen and oxygen atoms in total. The molecule has 0 aliphatic carbocycles. The highest BCUT2D eigenvalue weighted by Gasteiger charge is 2.35. The number of rotatable bonds is 5. The topological polar surface area (TPSA) is 110 Å². The standard InChI is InChI=1S/C18H15N3O5/c1-11-14(7-4-8-15(11)21(25)26)19-16(22)9-10-20-17(23)12-5-2-3-6-13(12)18(20)24/h2-8H,9-10H2,1H3,(H,19,22). The molecule has 26 heavy (non-hydrogen) atoms. The summed E-state index contributed by atoms with van der Waals surface area (Å²) in [5.41, 5.74) is 1.22. The minimum atomic E-state index is -0.524. The van der Waals surface area contributed by atoms with E-state index in [2.05, 4.69) is 5.32 Å². The lowest BCUT2D eigenvalue weighted by Crippen LogP contribution is -2.32. The number of hydrogen-bond acceptors (Lipinski definition) is 5. The Kier molecular flexibility index (Phi) is 4.49. The van der Waals surface area contributed by atoms with Crippen molar-refractivity contribution in [1.82, 2.24) is 4.90 Å². The SMILES string of the molecule is Cc1c(NC(=O)CCN2C(=O)c3ccccc3C2=O)cccc1[N+](=O)[O-]. The van der Waals surface area contributed by atoms with Gasteiger partial charge in [0.1, 0.15) is 0 Å². The van der Waals surface area contributed by atoms with E-state index in [0.717, 1.165) is 4.90 Å². The van der Waals surface area contributed by atoms with Gasteiger partial charge >= 0.3 is 0 Å². The summed E-state index contributed by atoms with van der Waals surface area (Å²) in [6.45, 7) is 1.48. The van der Waals surface area contributed by atoms with Crippen molar-refractivity contribution < 1.29 is 19.3 Å². The van der Waals surface area contributed by atoms with E-state index in [1.807, 2.05) is 0 Å². The van der Waals surface area contributed by atoms with Crippen LogP contribution in [0.2, 0.25) is 0 Å². The molecule has 8 heteroatoms. The molecule has 132 valence electrons. The van der Waals surface area contributed by atoms with Crippen molar-refractivity contribution in [2.75, 3.05) is 11.9 Å². The van der Waals surface area contributed by atoms with Crippen molar-refractivity contribution in [2.24, 2.45) is 0 Å². The molecule has 0 unspecified atom stereocenters. The first kappa shape index (κ1) is 17.3. The molecule has 3 amide bonds. The number of carbonyl (C=O) groups is 3. The fourth-order valence-corrected chi connectivity index (χ4v) is 2.82. The molecule has 2 aromatic rings. The summed E-state index contributed by atoms with van der Waals surface area (Å²) in [6.07, 6.45) is -0.104. The second-order valence-corrected chi connectivity index (χ2v) is 5.81. The van der Waals surface area contributed by atoms with Crippen molar-refractivity contribution in [3.05, 3.63) is 69.3 Å². The fourth-order valence-electron chi connectivity index (χ4n) is 2.82. The average molecular weight is 353 g/mol. The highest BCUT2D eigenvalue weighted by Crippen LogP contribution is 2.26. The minimum absolute atomic E-state index is 0.0633. The number of nitro benzene ring substituents is 1. The van der Waals surface area contributed by atoms with Crippen molar-refractivity contribution in [3.8, 4) is 0 Å². The molecule has 1 N–H and O–H groups in total. The molecule has 0 bridgehead atoms. The molecular weight excluding hydrogens is 338 g/mol. The average Bonchev–Trinajstić information content (AvgIpc) is 2.86. The third-order valence-electron chi connectivity index (χ3n) is 4.22. The van der Waals surface area contributed by atoms with E-state index in [1.165, 1.54) is 19.1 Å². The molecule has 0 fully saturated rings. The summed E-state index contributed by atoms with van der Waals surface area (Å²) in [4.78, 5) is 48.1. The Balaban J connectivity index is 1.66. The monoisotopic (exact) mass is 353 g/mol. The predicted octanol–water partition coefficient (Wildman–Crippen LogP) is 2.53. The molecule has 3 rings (SSSR count). The summed E-state index contributed by atoms with van der Waals surface area (Å²) in [5.74, 6) is -1.29. The zero-order valence-corrected chi connectivity index (χ0v) is 13.9. The molecule has 1 aliphatic rings. The van der Waals surface area contributed by atoms with E-state index >= 15 is 0 Å². The van der Waals surface area contributed by atoms with Crippen LogP contribution in [0.15, 0.2) is 42.5 Å². The Bertz CT molecular complexity index is 903. The number of fused-ring (bicyclic) bond motifs is 1. The van der Waals surface area contributed by atoms with Gasteiger partial charge in [-0.2, -0.15) is 0 Å². The Labute approximate surface area is 148 Å². The molecule has 0 aromatic heterocycles. The zero-order chi connectivity index (χ0) is 18.8. The number of hydrogen-bond donors (Lipinski definition) is 1. The Hall–Kier alpha value is -3.55. The molecule has 0 saturated carbocycles. The third kappa shape index (κ3) is 3.04. The summed E-state index contributed by atoms with van der Waals surface area (Å²) < 4.78 is 0. The molecule has 0 atom stereocenters. The third-order valence-corrected chi connectivity index (χ3v) is 4.22. The summed E-state index contributed by atoms with van der Waals surface area (Å²) in [7, 11) is 0. The van der Waals surface area contributed by atoms with Crippen molar-refractivity contribution >= 4 is 29.1 Å². The molecule has 0 spiro atoms. The molecule has 0 saturated heterocycles. The van der Waals surface area contributed by atoms with Crippen LogP contribution in [0.3, 0.4) is 0 Å². The number of nitrogens with zero attached hydrogens (tertiary/aromatic N) is 2. The van der Waals surface area contributed by atoms with Crippen LogP contribution in [0, 0.1) is 17.0 Å². The first-order chi connectivity index (χ1) is 12.4. The van der Waals surface area contributed by atoms with Crippen LogP contribution in [0.4, 0.5) is 11.4 Å². The van der Waals surface area contributed by atoms with Gasteiger partial charge in [0.05, 0.1) is 27.3 Å². The van der Waals surface area contributed by atoms with Crippen LogP contribution in [-0.2, 0) is 4.79 Å². The smallest absolute Gasteiger partial charge is 0.274 e. The molecular formula is C18H15N3O5. The van der Waals surface area contributed by atoms with Gasteiger partial charge in [-0.3, -0.25) is 29.4 Å². The van der Waals surface area contributed by atoms with Crippen LogP contribution in [0.25, 0.3) is 0 Å². The molecule has 1 aliphatic heterocycles. The number of carbonyl (C=O) groups excluding carboxylic acids is 3. The Morgan fingerprint density at radius 3 is 2.27 bits per heavy atom. The van der Waals surface area contributed by atoms with Gasteiger partial charge in [-0.25, -0.2) is 0 Å². The second kappa shape index (κ2) is 6.75. The maximum absolute atomic E-state index is 12.3. The van der Waals surface area contributed by atoms with Gasteiger partial charge < -0.3 is 5.32 Å². The lowest BCUT2D eigenvalue weighted by Gasteiger charge is -2.14. The number of nitrogens with one attached hydrogen (secondary N) is 1. The Morgan fingerprint density at radius 1 is 1.08 bits per heavy atom. The van der Waals surface area contributed by atoms with Gasteiger partial charge in [-0.15, -0.1) is 0 Å². The lowest BCUT2D eigenvalue weighted by atomic mass is 10.1. The van der Waals surface area contributed by atoms with Gasteiger partial charge in [-0.05, 0) is 25.1 Å². The highest BCUT2D eigenvalue weighted by atomic mass is 16.6. The second-order valence-electron chi connectivity index (χ2n) is 5.81. The number of benzene rings is 2. The van der Waals surface area contributed by atoms with Gasteiger partial charge in [0.25, 0.3) is 17.5 Å². The van der Waals surface area contributed by atoms with E-state index < -0.39 is 22.6 Å². The van der Waals surface area contributed by atoms with Gasteiger partial charge in [0.2, 0.25) is 5.91 Å². The largest absolute Gasteiger partial charge is 0.326 e. The number of imide groups is 1. The summed E-state index contributed by atoms with van der Waals surface area (Å²) >= 11 is 0. The fraction of sp³-hybridized carbons (Fsp3) is 0.167. The van der Waals surface area contributed by atoms with Crippen LogP contribution < -0.4 is 5.32 Å². The number of nitro groups is 1. The zero-order valence-electron chi connectivity index (χ0n) is 13.9. The van der Waals surface area contributed by atoms with E-state index in [9.17, 15) is 24.5 Å². The normalized spacial score (nSPS) is 12.9. The minimum Gasteiger partial charge on any atom is -0.326 e. The molecule has 0 radical (unpaired) electrons. The maximum atomic E-state index is 12.3. The van der Waals surface area contributed by atoms with E-state index in [0.29, 0.717) is 22.4 Å². The lowest BCUT2D eigenvalue weighted by molar-refractivity contribution is -0.385. The predicted molar refractivity (Wildman–Crippen MR) is 92.9 cm³/mol. The van der Waals surface area contributed by atoms with Gasteiger partial charge in [-0.1, -0.05) is 18.2 Å². The van der Waals surface area contributed by atoms with Crippen LogP contribution >= 0.6 is 0 Å².